The fraction of sp³-hybridized carbons (Fsp3) is 0.300. The van der Waals surface area contributed by atoms with E-state index in [0.717, 1.165) is 39.3 Å². The molecule has 2 aromatic carbocycles. The lowest BCUT2D eigenvalue weighted by Gasteiger charge is -2.20. The molecule has 0 unspecified atom stereocenters. The molecule has 0 aliphatic rings. The predicted octanol–water partition coefficient (Wildman–Crippen LogP) is 5.98. The minimum Gasteiger partial charge on any atom is -0.284 e. The molecule has 0 aliphatic carbocycles. The zero-order valence-electron chi connectivity index (χ0n) is 14.5. The van der Waals surface area contributed by atoms with Gasteiger partial charge in [-0.25, -0.2) is 4.98 Å². The zero-order chi connectivity index (χ0) is 17.8. The molecule has 0 radical (unpaired) electrons. The Hall–Kier alpha value is -1.91. The molecule has 3 rings (SSSR count). The lowest BCUT2D eigenvalue weighted by atomic mass is 10.2. The average Bonchev–Trinajstić information content (AvgIpc) is 3.02. The number of anilines is 1. The Morgan fingerprint density at radius 1 is 1.24 bits per heavy atom. The molecular formula is C20H21ClN2OS. The molecule has 0 spiro atoms. The zero-order valence-corrected chi connectivity index (χ0v) is 16.0. The molecular weight excluding hydrogens is 352 g/mol. The van der Waals surface area contributed by atoms with Crippen molar-refractivity contribution >= 4 is 44.2 Å². The van der Waals surface area contributed by atoms with E-state index in [1.54, 1.807) is 0 Å². The van der Waals surface area contributed by atoms with Crippen LogP contribution in [-0.4, -0.2) is 10.9 Å². The predicted molar refractivity (Wildman–Crippen MR) is 107 cm³/mol. The van der Waals surface area contributed by atoms with Gasteiger partial charge < -0.3 is 0 Å². The molecule has 1 aromatic heterocycles. The Balaban J connectivity index is 1.98. The van der Waals surface area contributed by atoms with Crippen LogP contribution >= 0.6 is 22.9 Å². The molecule has 0 saturated carbocycles. The van der Waals surface area contributed by atoms with Crippen molar-refractivity contribution in [1.82, 2.24) is 4.98 Å². The number of hydrogen-bond donors (Lipinski definition) is 0. The molecule has 0 N–H and O–H groups in total. The van der Waals surface area contributed by atoms with Crippen molar-refractivity contribution in [3.05, 3.63) is 58.6 Å². The van der Waals surface area contributed by atoms with E-state index in [0.29, 0.717) is 18.0 Å². The van der Waals surface area contributed by atoms with Crippen LogP contribution in [0.15, 0.2) is 42.5 Å². The van der Waals surface area contributed by atoms with E-state index in [2.05, 4.69) is 6.92 Å². The summed E-state index contributed by atoms with van der Waals surface area (Å²) >= 11 is 7.70. The summed E-state index contributed by atoms with van der Waals surface area (Å²) in [5.41, 5.74) is 3.05. The first-order valence-electron chi connectivity index (χ1n) is 8.49. The number of rotatable bonds is 6. The highest BCUT2D eigenvalue weighted by Crippen LogP contribution is 2.34. The van der Waals surface area contributed by atoms with Gasteiger partial charge in [0.05, 0.1) is 16.8 Å². The average molecular weight is 373 g/mol. The molecule has 0 bridgehead atoms. The number of amides is 1. The third kappa shape index (κ3) is 4.20. The summed E-state index contributed by atoms with van der Waals surface area (Å²) in [5.74, 6) is 0.119. The van der Waals surface area contributed by atoms with Crippen LogP contribution in [0.4, 0.5) is 5.13 Å². The highest BCUT2D eigenvalue weighted by molar-refractivity contribution is 7.22. The monoisotopic (exact) mass is 372 g/mol. The number of benzene rings is 2. The quantitative estimate of drug-likeness (QED) is 0.533. The van der Waals surface area contributed by atoms with Gasteiger partial charge >= 0.3 is 0 Å². The summed E-state index contributed by atoms with van der Waals surface area (Å²) in [5, 5.41) is 1.44. The number of aryl methyl sites for hydroxylation is 1. The van der Waals surface area contributed by atoms with Crippen LogP contribution in [0.2, 0.25) is 5.02 Å². The van der Waals surface area contributed by atoms with Crippen molar-refractivity contribution in [1.29, 1.82) is 0 Å². The first-order valence-corrected chi connectivity index (χ1v) is 9.69. The van der Waals surface area contributed by atoms with Gasteiger partial charge in [-0.2, -0.15) is 0 Å². The van der Waals surface area contributed by atoms with Gasteiger partial charge in [0.2, 0.25) is 5.91 Å². The molecule has 3 aromatic rings. The Bertz CT molecular complexity index is 876. The molecule has 5 heteroatoms. The van der Waals surface area contributed by atoms with E-state index in [4.69, 9.17) is 16.6 Å². The van der Waals surface area contributed by atoms with E-state index in [9.17, 15) is 4.79 Å². The molecule has 0 saturated heterocycles. The third-order valence-electron chi connectivity index (χ3n) is 4.10. The van der Waals surface area contributed by atoms with E-state index >= 15 is 0 Å². The van der Waals surface area contributed by atoms with Gasteiger partial charge in [-0.05, 0) is 36.6 Å². The number of nitrogens with zero attached hydrogens (tertiary/aromatic N) is 2. The first-order chi connectivity index (χ1) is 12.1. The van der Waals surface area contributed by atoms with Gasteiger partial charge in [-0.3, -0.25) is 9.69 Å². The number of carbonyl (C=O) groups excluding carboxylic acids is 1. The van der Waals surface area contributed by atoms with Crippen molar-refractivity contribution < 1.29 is 4.79 Å². The number of thiazole rings is 1. The van der Waals surface area contributed by atoms with E-state index < -0.39 is 0 Å². The Morgan fingerprint density at radius 2 is 2.00 bits per heavy atom. The number of fused-ring (bicyclic) bond motifs is 1. The fourth-order valence-corrected chi connectivity index (χ4v) is 4.19. The minimum absolute atomic E-state index is 0.119. The van der Waals surface area contributed by atoms with Crippen LogP contribution in [0.3, 0.4) is 0 Å². The maximum Gasteiger partial charge on any atom is 0.229 e. The van der Waals surface area contributed by atoms with E-state index in [-0.39, 0.29) is 5.91 Å². The van der Waals surface area contributed by atoms with Gasteiger partial charge in [-0.15, -0.1) is 0 Å². The Morgan fingerprint density at radius 3 is 2.72 bits per heavy atom. The fourth-order valence-electron chi connectivity index (χ4n) is 2.75. The number of aromatic nitrogens is 1. The van der Waals surface area contributed by atoms with Gasteiger partial charge in [0.1, 0.15) is 0 Å². The van der Waals surface area contributed by atoms with Crippen molar-refractivity contribution in [2.45, 2.75) is 39.7 Å². The number of hydrogen-bond acceptors (Lipinski definition) is 3. The Kier molecular flexibility index (Phi) is 5.71. The SMILES string of the molecule is CCCCC(=O)N(Cc1ccccc1)c1nc2c(C)cc(Cl)cc2s1. The summed E-state index contributed by atoms with van der Waals surface area (Å²) in [7, 11) is 0. The highest BCUT2D eigenvalue weighted by atomic mass is 35.5. The van der Waals surface area contributed by atoms with E-state index in [1.165, 1.54) is 11.3 Å². The summed E-state index contributed by atoms with van der Waals surface area (Å²) < 4.78 is 1.02. The maximum atomic E-state index is 12.8. The van der Waals surface area contributed by atoms with Crippen LogP contribution in [0.25, 0.3) is 10.2 Å². The van der Waals surface area contributed by atoms with Crippen LogP contribution in [-0.2, 0) is 11.3 Å². The smallest absolute Gasteiger partial charge is 0.229 e. The van der Waals surface area contributed by atoms with Crippen LogP contribution in [0, 0.1) is 6.92 Å². The number of carbonyl (C=O) groups is 1. The topological polar surface area (TPSA) is 33.2 Å². The van der Waals surface area contributed by atoms with Crippen molar-refractivity contribution in [3.8, 4) is 0 Å². The largest absolute Gasteiger partial charge is 0.284 e. The standard InChI is InChI=1S/C20H21ClN2OS/c1-3-4-10-18(24)23(13-15-8-6-5-7-9-15)20-22-19-14(2)11-16(21)12-17(19)25-20/h5-9,11-12H,3-4,10,13H2,1-2H3. The lowest BCUT2D eigenvalue weighted by molar-refractivity contribution is -0.118. The molecule has 3 nitrogen and oxygen atoms in total. The summed E-state index contributed by atoms with van der Waals surface area (Å²) in [4.78, 5) is 19.4. The lowest BCUT2D eigenvalue weighted by Crippen LogP contribution is -2.30. The maximum absolute atomic E-state index is 12.8. The van der Waals surface area contributed by atoms with Crippen molar-refractivity contribution in [2.75, 3.05) is 4.90 Å². The minimum atomic E-state index is 0.119. The van der Waals surface area contributed by atoms with Crippen LogP contribution < -0.4 is 4.90 Å². The van der Waals surface area contributed by atoms with E-state index in [1.807, 2.05) is 54.3 Å². The van der Waals surface area contributed by atoms with Crippen molar-refractivity contribution in [2.24, 2.45) is 0 Å². The normalized spacial score (nSPS) is 11.0. The molecule has 0 fully saturated rings. The van der Waals surface area contributed by atoms with Gasteiger partial charge in [0, 0.05) is 11.4 Å². The summed E-state index contributed by atoms with van der Waals surface area (Å²) in [6.45, 7) is 4.63. The van der Waals surface area contributed by atoms with Crippen LogP contribution in [0.5, 0.6) is 0 Å². The van der Waals surface area contributed by atoms with Gasteiger partial charge in [-0.1, -0.05) is 66.6 Å². The Labute approximate surface area is 157 Å². The van der Waals surface area contributed by atoms with Crippen LogP contribution in [0.1, 0.15) is 37.3 Å². The van der Waals surface area contributed by atoms with Gasteiger partial charge in [0.25, 0.3) is 0 Å². The summed E-state index contributed by atoms with van der Waals surface area (Å²) in [6, 6.07) is 13.9. The molecule has 1 amide bonds. The molecule has 0 aliphatic heterocycles. The molecule has 25 heavy (non-hydrogen) atoms. The second kappa shape index (κ2) is 7.98. The summed E-state index contributed by atoms with van der Waals surface area (Å²) in [6.07, 6.45) is 2.43. The second-order valence-corrected chi connectivity index (χ2v) is 7.58. The molecule has 1 heterocycles. The number of unbranched alkanes of at least 4 members (excludes halogenated alkanes) is 1. The molecule has 130 valence electrons. The van der Waals surface area contributed by atoms with Gasteiger partial charge in [0.15, 0.2) is 5.13 Å². The molecule has 0 atom stereocenters. The third-order valence-corrected chi connectivity index (χ3v) is 5.34. The van der Waals surface area contributed by atoms with Crippen molar-refractivity contribution in [3.63, 3.8) is 0 Å². The second-order valence-electron chi connectivity index (χ2n) is 6.13. The first kappa shape index (κ1) is 17.9. The highest BCUT2D eigenvalue weighted by Gasteiger charge is 2.20. The number of halogens is 1.